The Kier molecular flexibility index (Phi) is 4.30. The molecule has 128 valence electrons. The molecule has 1 saturated heterocycles. The maximum Gasteiger partial charge on any atom is 0.276 e. The number of piperidine rings is 1. The third-order valence-electron chi connectivity index (χ3n) is 4.44. The summed E-state index contributed by atoms with van der Waals surface area (Å²) in [5.74, 6) is -0.235. The highest BCUT2D eigenvalue weighted by atomic mass is 16.2. The second-order valence-electron chi connectivity index (χ2n) is 6.16. The van der Waals surface area contributed by atoms with Crippen molar-refractivity contribution < 1.29 is 4.79 Å². The van der Waals surface area contributed by atoms with Crippen LogP contribution in [0.1, 0.15) is 29.4 Å². The van der Waals surface area contributed by atoms with Gasteiger partial charge in [-0.2, -0.15) is 10.2 Å². The summed E-state index contributed by atoms with van der Waals surface area (Å²) >= 11 is 0. The Morgan fingerprint density at radius 2 is 2.12 bits per heavy atom. The summed E-state index contributed by atoms with van der Waals surface area (Å²) in [7, 11) is 0. The molecule has 1 unspecified atom stereocenters. The molecule has 3 aromatic rings. The van der Waals surface area contributed by atoms with E-state index in [1.54, 1.807) is 12.3 Å². The minimum Gasteiger partial charge on any atom is -0.317 e. The van der Waals surface area contributed by atoms with Gasteiger partial charge in [0.05, 0.1) is 23.6 Å². The molecule has 2 aromatic heterocycles. The number of carbonyl (C=O) groups is 1. The van der Waals surface area contributed by atoms with Gasteiger partial charge < -0.3 is 10.6 Å². The topological polar surface area (TPSA) is 87.6 Å². The Balaban J connectivity index is 1.50. The van der Waals surface area contributed by atoms with Gasteiger partial charge in [0.2, 0.25) is 0 Å². The Bertz CT molecular complexity index is 847. The summed E-state index contributed by atoms with van der Waals surface area (Å²) in [4.78, 5) is 12.5. The van der Waals surface area contributed by atoms with Gasteiger partial charge in [0.15, 0.2) is 5.69 Å². The number of H-pyrrole nitrogens is 1. The van der Waals surface area contributed by atoms with Crippen molar-refractivity contribution in [2.45, 2.75) is 18.9 Å². The molecule has 1 fully saturated rings. The first-order valence-corrected chi connectivity index (χ1v) is 8.47. The second-order valence-corrected chi connectivity index (χ2v) is 6.16. The number of rotatable bonds is 4. The molecule has 4 rings (SSSR count). The standard InChI is InChI=1S/C18H20N6O/c25-18(15-8-10-24(23-15)14-7-4-9-19-11-14)21-16-12-20-22-17(16)13-5-2-1-3-6-13/h1-3,5-6,8,10,12,14,19H,4,7,9,11H2,(H,20,22)(H,21,25). The average Bonchev–Trinajstić information content (AvgIpc) is 3.33. The largest absolute Gasteiger partial charge is 0.317 e. The lowest BCUT2D eigenvalue weighted by Gasteiger charge is -2.22. The number of benzene rings is 1. The summed E-state index contributed by atoms with van der Waals surface area (Å²) in [6.07, 6.45) is 5.69. The van der Waals surface area contributed by atoms with Gasteiger partial charge in [-0.1, -0.05) is 30.3 Å². The van der Waals surface area contributed by atoms with Crippen LogP contribution in [0.3, 0.4) is 0 Å². The Hall–Kier alpha value is -2.93. The predicted octanol–water partition coefficient (Wildman–Crippen LogP) is 2.45. The number of amides is 1. The van der Waals surface area contributed by atoms with Crippen molar-refractivity contribution >= 4 is 11.6 Å². The fraction of sp³-hybridized carbons (Fsp3) is 0.278. The smallest absolute Gasteiger partial charge is 0.276 e. The highest BCUT2D eigenvalue weighted by Crippen LogP contribution is 2.25. The summed E-state index contributed by atoms with van der Waals surface area (Å²) in [5, 5.41) is 17.7. The lowest BCUT2D eigenvalue weighted by atomic mass is 10.1. The highest BCUT2D eigenvalue weighted by Gasteiger charge is 2.19. The van der Waals surface area contributed by atoms with E-state index >= 15 is 0 Å². The third-order valence-corrected chi connectivity index (χ3v) is 4.44. The zero-order chi connectivity index (χ0) is 17.1. The molecule has 25 heavy (non-hydrogen) atoms. The number of nitrogens with zero attached hydrogens (tertiary/aromatic N) is 3. The van der Waals surface area contributed by atoms with E-state index in [4.69, 9.17) is 0 Å². The summed E-state index contributed by atoms with van der Waals surface area (Å²) < 4.78 is 1.88. The predicted molar refractivity (Wildman–Crippen MR) is 95.3 cm³/mol. The number of hydrogen-bond acceptors (Lipinski definition) is 4. The van der Waals surface area contributed by atoms with Crippen molar-refractivity contribution in [3.05, 3.63) is 54.5 Å². The number of carbonyl (C=O) groups excluding carboxylic acids is 1. The molecule has 3 heterocycles. The van der Waals surface area contributed by atoms with Crippen LogP contribution in [0, 0.1) is 0 Å². The molecular weight excluding hydrogens is 316 g/mol. The van der Waals surface area contributed by atoms with Crippen LogP contribution >= 0.6 is 0 Å². The van der Waals surface area contributed by atoms with Crippen LogP contribution in [0.4, 0.5) is 5.69 Å². The lowest BCUT2D eigenvalue weighted by Crippen LogP contribution is -2.32. The van der Waals surface area contributed by atoms with Crippen LogP contribution < -0.4 is 10.6 Å². The maximum absolute atomic E-state index is 12.5. The average molecular weight is 336 g/mol. The molecular formula is C18H20N6O. The Morgan fingerprint density at radius 1 is 1.24 bits per heavy atom. The fourth-order valence-electron chi connectivity index (χ4n) is 3.11. The van der Waals surface area contributed by atoms with Gasteiger partial charge in [-0.15, -0.1) is 0 Å². The van der Waals surface area contributed by atoms with Crippen molar-refractivity contribution in [2.24, 2.45) is 0 Å². The van der Waals surface area contributed by atoms with E-state index in [2.05, 4.69) is 25.9 Å². The van der Waals surface area contributed by atoms with Gasteiger partial charge in [-0.05, 0) is 25.5 Å². The molecule has 0 bridgehead atoms. The Morgan fingerprint density at radius 3 is 2.92 bits per heavy atom. The molecule has 7 heteroatoms. The van der Waals surface area contributed by atoms with E-state index in [1.165, 1.54) is 0 Å². The lowest BCUT2D eigenvalue weighted by molar-refractivity contribution is 0.102. The SMILES string of the molecule is O=C(Nc1cn[nH]c1-c1ccccc1)c1ccn(C2CCCNC2)n1. The summed E-state index contributed by atoms with van der Waals surface area (Å²) in [6.45, 7) is 1.94. The highest BCUT2D eigenvalue weighted by molar-refractivity contribution is 6.04. The molecule has 0 spiro atoms. The molecule has 0 radical (unpaired) electrons. The van der Waals surface area contributed by atoms with Gasteiger partial charge >= 0.3 is 0 Å². The van der Waals surface area contributed by atoms with Crippen molar-refractivity contribution in [2.75, 3.05) is 18.4 Å². The van der Waals surface area contributed by atoms with Crippen LogP contribution in [0.15, 0.2) is 48.8 Å². The minimum absolute atomic E-state index is 0.235. The molecule has 0 saturated carbocycles. The van der Waals surface area contributed by atoms with Gasteiger partial charge in [-0.3, -0.25) is 14.6 Å². The zero-order valence-electron chi connectivity index (χ0n) is 13.8. The number of anilines is 1. The van der Waals surface area contributed by atoms with Crippen LogP contribution in [0.2, 0.25) is 0 Å². The number of hydrogen-bond donors (Lipinski definition) is 3. The van der Waals surface area contributed by atoms with Gasteiger partial charge in [-0.25, -0.2) is 0 Å². The van der Waals surface area contributed by atoms with Crippen molar-refractivity contribution in [1.29, 1.82) is 0 Å². The van der Waals surface area contributed by atoms with Crippen LogP contribution in [0.5, 0.6) is 0 Å². The van der Waals surface area contributed by atoms with Gasteiger partial charge in [0.1, 0.15) is 0 Å². The summed E-state index contributed by atoms with van der Waals surface area (Å²) in [6, 6.07) is 11.8. The quantitative estimate of drug-likeness (QED) is 0.683. The summed E-state index contributed by atoms with van der Waals surface area (Å²) in [5.41, 5.74) is 2.80. The molecule has 7 nitrogen and oxygen atoms in total. The molecule has 1 aliphatic heterocycles. The first-order chi connectivity index (χ1) is 12.3. The van der Waals surface area contributed by atoms with Crippen LogP contribution in [-0.4, -0.2) is 39.0 Å². The van der Waals surface area contributed by atoms with E-state index in [9.17, 15) is 4.79 Å². The van der Waals surface area contributed by atoms with E-state index in [-0.39, 0.29) is 5.91 Å². The van der Waals surface area contributed by atoms with E-state index in [0.29, 0.717) is 17.4 Å². The molecule has 1 atom stereocenters. The van der Waals surface area contributed by atoms with E-state index in [1.807, 2.05) is 41.2 Å². The number of nitrogens with one attached hydrogen (secondary N) is 3. The molecule has 3 N–H and O–H groups in total. The first kappa shape index (κ1) is 15.6. The normalized spacial score (nSPS) is 17.4. The van der Waals surface area contributed by atoms with Gasteiger partial charge in [0.25, 0.3) is 5.91 Å². The molecule has 0 aliphatic carbocycles. The minimum atomic E-state index is -0.235. The molecule has 1 aliphatic rings. The third kappa shape index (κ3) is 3.32. The van der Waals surface area contributed by atoms with Crippen LogP contribution in [-0.2, 0) is 0 Å². The molecule has 1 amide bonds. The van der Waals surface area contributed by atoms with Crippen molar-refractivity contribution in [1.82, 2.24) is 25.3 Å². The Labute approximate surface area is 145 Å². The van der Waals surface area contributed by atoms with Crippen molar-refractivity contribution in [3.8, 4) is 11.3 Å². The monoisotopic (exact) mass is 336 g/mol. The number of aromatic amines is 1. The fourth-order valence-corrected chi connectivity index (χ4v) is 3.11. The van der Waals surface area contributed by atoms with Crippen LogP contribution in [0.25, 0.3) is 11.3 Å². The molecule has 1 aromatic carbocycles. The van der Waals surface area contributed by atoms with Gasteiger partial charge in [0, 0.05) is 18.3 Å². The maximum atomic E-state index is 12.5. The second kappa shape index (κ2) is 6.90. The van der Waals surface area contributed by atoms with E-state index < -0.39 is 0 Å². The van der Waals surface area contributed by atoms with Crippen molar-refractivity contribution in [3.63, 3.8) is 0 Å². The number of aromatic nitrogens is 4. The zero-order valence-corrected chi connectivity index (χ0v) is 13.8. The van der Waals surface area contributed by atoms with E-state index in [0.717, 1.165) is 37.2 Å². The first-order valence-electron chi connectivity index (χ1n) is 8.47.